The van der Waals surface area contributed by atoms with Crippen LogP contribution in [0.5, 0.6) is 11.5 Å². The first-order chi connectivity index (χ1) is 11.6. The number of ether oxygens (including phenoxy) is 2. The Labute approximate surface area is 145 Å². The van der Waals surface area contributed by atoms with E-state index >= 15 is 0 Å². The van der Waals surface area contributed by atoms with Crippen molar-refractivity contribution in [1.29, 1.82) is 0 Å². The molecule has 24 heavy (non-hydrogen) atoms. The van der Waals surface area contributed by atoms with Crippen LogP contribution in [0.15, 0.2) is 23.6 Å². The van der Waals surface area contributed by atoms with Gasteiger partial charge < -0.3 is 20.5 Å². The zero-order valence-electron chi connectivity index (χ0n) is 13.9. The van der Waals surface area contributed by atoms with Gasteiger partial charge in [-0.3, -0.25) is 4.79 Å². The Bertz CT molecular complexity index is 736. The van der Waals surface area contributed by atoms with Gasteiger partial charge in [0.05, 0.1) is 24.8 Å². The van der Waals surface area contributed by atoms with E-state index in [9.17, 15) is 4.79 Å². The first-order valence-corrected chi connectivity index (χ1v) is 8.92. The first kappa shape index (κ1) is 16.6. The van der Waals surface area contributed by atoms with E-state index in [0.29, 0.717) is 22.1 Å². The molecule has 0 spiro atoms. The molecule has 0 radical (unpaired) electrons. The highest BCUT2D eigenvalue weighted by atomic mass is 32.1. The van der Waals surface area contributed by atoms with Crippen LogP contribution in [0.1, 0.15) is 36.0 Å². The molecule has 2 aromatic rings. The van der Waals surface area contributed by atoms with Crippen LogP contribution in [0.25, 0.3) is 11.1 Å². The number of hydrogen-bond donors (Lipinski definition) is 2. The highest BCUT2D eigenvalue weighted by Crippen LogP contribution is 2.38. The van der Waals surface area contributed by atoms with Crippen LogP contribution in [-0.4, -0.2) is 26.2 Å². The summed E-state index contributed by atoms with van der Waals surface area (Å²) in [5.41, 5.74) is 8.35. The zero-order valence-corrected chi connectivity index (χ0v) is 14.7. The molecule has 5 nitrogen and oxygen atoms in total. The predicted molar refractivity (Wildman–Crippen MR) is 97.0 cm³/mol. The SMILES string of the molecule is COc1ccc(-c2csc(N)c2C(=O)NC2CCCC2)cc1OC. The van der Waals surface area contributed by atoms with Crippen LogP contribution in [0, 0.1) is 0 Å². The van der Waals surface area contributed by atoms with Crippen LogP contribution in [-0.2, 0) is 0 Å². The molecule has 0 atom stereocenters. The van der Waals surface area contributed by atoms with Crippen molar-refractivity contribution in [3.63, 3.8) is 0 Å². The summed E-state index contributed by atoms with van der Waals surface area (Å²) in [6.45, 7) is 0. The lowest BCUT2D eigenvalue weighted by Gasteiger charge is -2.14. The molecule has 1 saturated carbocycles. The van der Waals surface area contributed by atoms with Crippen molar-refractivity contribution in [3.05, 3.63) is 29.1 Å². The highest BCUT2D eigenvalue weighted by molar-refractivity contribution is 7.15. The number of rotatable bonds is 5. The van der Waals surface area contributed by atoms with Crippen LogP contribution in [0.2, 0.25) is 0 Å². The Morgan fingerprint density at radius 3 is 2.58 bits per heavy atom. The normalized spacial score (nSPS) is 14.6. The van der Waals surface area contributed by atoms with E-state index in [1.165, 1.54) is 24.2 Å². The number of hydrogen-bond acceptors (Lipinski definition) is 5. The molecule has 1 aliphatic rings. The molecule has 1 aromatic heterocycles. The Morgan fingerprint density at radius 2 is 1.92 bits per heavy atom. The van der Waals surface area contributed by atoms with E-state index in [-0.39, 0.29) is 11.9 Å². The average molecular weight is 346 g/mol. The number of nitrogens with one attached hydrogen (secondary N) is 1. The molecule has 1 heterocycles. The summed E-state index contributed by atoms with van der Waals surface area (Å²) >= 11 is 1.38. The summed E-state index contributed by atoms with van der Waals surface area (Å²) in [5, 5.41) is 5.57. The maximum absolute atomic E-state index is 12.7. The molecule has 6 heteroatoms. The number of amides is 1. The van der Waals surface area contributed by atoms with E-state index in [1.807, 2.05) is 23.6 Å². The molecule has 0 bridgehead atoms. The van der Waals surface area contributed by atoms with Gasteiger partial charge in [-0.2, -0.15) is 0 Å². The van der Waals surface area contributed by atoms with Gasteiger partial charge in [0.25, 0.3) is 5.91 Å². The number of thiophene rings is 1. The Kier molecular flexibility index (Phi) is 4.94. The lowest BCUT2D eigenvalue weighted by Crippen LogP contribution is -2.33. The summed E-state index contributed by atoms with van der Waals surface area (Å²) in [6.07, 6.45) is 4.43. The molecule has 1 aliphatic carbocycles. The summed E-state index contributed by atoms with van der Waals surface area (Å²) < 4.78 is 10.6. The highest BCUT2D eigenvalue weighted by Gasteiger charge is 2.23. The number of nitrogens with two attached hydrogens (primary N) is 1. The number of nitrogen functional groups attached to an aromatic ring is 1. The van der Waals surface area contributed by atoms with Crippen LogP contribution in [0.3, 0.4) is 0 Å². The number of carbonyl (C=O) groups is 1. The fraction of sp³-hybridized carbons (Fsp3) is 0.389. The molecule has 128 valence electrons. The van der Waals surface area contributed by atoms with Crippen molar-refractivity contribution in [1.82, 2.24) is 5.32 Å². The second kappa shape index (κ2) is 7.13. The van der Waals surface area contributed by atoms with Crippen molar-refractivity contribution in [2.24, 2.45) is 0 Å². The molecule has 0 saturated heterocycles. The smallest absolute Gasteiger partial charge is 0.255 e. The lowest BCUT2D eigenvalue weighted by atomic mass is 10.0. The van der Waals surface area contributed by atoms with Crippen LogP contribution >= 0.6 is 11.3 Å². The fourth-order valence-corrected chi connectivity index (χ4v) is 3.97. The monoisotopic (exact) mass is 346 g/mol. The van der Waals surface area contributed by atoms with Crippen molar-refractivity contribution in [3.8, 4) is 22.6 Å². The maximum atomic E-state index is 12.7. The third kappa shape index (κ3) is 3.19. The molecular formula is C18H22N2O3S. The third-order valence-electron chi connectivity index (χ3n) is 4.43. The molecule has 0 unspecified atom stereocenters. The molecule has 1 aromatic carbocycles. The molecule has 1 amide bonds. The van der Waals surface area contributed by atoms with Gasteiger partial charge in [0.2, 0.25) is 0 Å². The molecule has 1 fully saturated rings. The van der Waals surface area contributed by atoms with E-state index in [0.717, 1.165) is 24.0 Å². The Hall–Kier alpha value is -2.21. The summed E-state index contributed by atoms with van der Waals surface area (Å²) in [6, 6.07) is 5.87. The van der Waals surface area contributed by atoms with E-state index in [4.69, 9.17) is 15.2 Å². The number of methoxy groups -OCH3 is 2. The molecule has 0 aliphatic heterocycles. The van der Waals surface area contributed by atoms with Gasteiger partial charge in [-0.05, 0) is 30.5 Å². The predicted octanol–water partition coefficient (Wildman–Crippen LogP) is 3.69. The molecular weight excluding hydrogens is 324 g/mol. The quantitative estimate of drug-likeness (QED) is 0.866. The van der Waals surface area contributed by atoms with Gasteiger partial charge in [-0.15, -0.1) is 11.3 Å². The Morgan fingerprint density at radius 1 is 1.21 bits per heavy atom. The van der Waals surface area contributed by atoms with Crippen molar-refractivity contribution >= 4 is 22.2 Å². The van der Waals surface area contributed by atoms with Crippen molar-refractivity contribution in [2.75, 3.05) is 20.0 Å². The van der Waals surface area contributed by atoms with Crippen molar-refractivity contribution in [2.45, 2.75) is 31.7 Å². The molecule has 3 rings (SSSR count). The van der Waals surface area contributed by atoms with E-state index in [2.05, 4.69) is 5.32 Å². The maximum Gasteiger partial charge on any atom is 0.255 e. The number of benzene rings is 1. The summed E-state index contributed by atoms with van der Waals surface area (Å²) in [5.74, 6) is 1.19. The third-order valence-corrected chi connectivity index (χ3v) is 5.24. The minimum absolute atomic E-state index is 0.0922. The van der Waals surface area contributed by atoms with Gasteiger partial charge in [0, 0.05) is 17.0 Å². The first-order valence-electron chi connectivity index (χ1n) is 8.04. The van der Waals surface area contributed by atoms with Crippen LogP contribution < -0.4 is 20.5 Å². The standard InChI is InChI=1S/C18H22N2O3S/c1-22-14-8-7-11(9-15(14)23-2)13-10-24-17(19)16(13)18(21)20-12-5-3-4-6-12/h7-10,12H,3-6,19H2,1-2H3,(H,20,21). The average Bonchev–Trinajstić information content (AvgIpc) is 3.23. The Balaban J connectivity index is 1.93. The second-order valence-corrected chi connectivity index (χ2v) is 6.82. The van der Waals surface area contributed by atoms with Gasteiger partial charge in [0.1, 0.15) is 0 Å². The zero-order chi connectivity index (χ0) is 17.1. The van der Waals surface area contributed by atoms with Crippen molar-refractivity contribution < 1.29 is 14.3 Å². The topological polar surface area (TPSA) is 73.6 Å². The van der Waals surface area contributed by atoms with Crippen LogP contribution in [0.4, 0.5) is 5.00 Å². The van der Waals surface area contributed by atoms with Gasteiger partial charge in [-0.1, -0.05) is 18.9 Å². The molecule has 3 N–H and O–H groups in total. The largest absolute Gasteiger partial charge is 0.493 e. The van der Waals surface area contributed by atoms with E-state index in [1.54, 1.807) is 14.2 Å². The fourth-order valence-electron chi connectivity index (χ4n) is 3.15. The summed E-state index contributed by atoms with van der Waals surface area (Å²) in [4.78, 5) is 12.7. The van der Waals surface area contributed by atoms with E-state index < -0.39 is 0 Å². The van der Waals surface area contributed by atoms with Gasteiger partial charge >= 0.3 is 0 Å². The minimum Gasteiger partial charge on any atom is -0.493 e. The lowest BCUT2D eigenvalue weighted by molar-refractivity contribution is 0.0940. The number of anilines is 1. The van der Waals surface area contributed by atoms with Gasteiger partial charge in [-0.25, -0.2) is 0 Å². The minimum atomic E-state index is -0.0922. The van der Waals surface area contributed by atoms with Gasteiger partial charge in [0.15, 0.2) is 11.5 Å². The second-order valence-electron chi connectivity index (χ2n) is 5.91. The number of carbonyl (C=O) groups excluding carboxylic acids is 1. The summed E-state index contributed by atoms with van der Waals surface area (Å²) in [7, 11) is 3.19.